The van der Waals surface area contributed by atoms with E-state index >= 15 is 0 Å². The van der Waals surface area contributed by atoms with E-state index in [2.05, 4.69) is 27.4 Å². The molecule has 0 spiro atoms. The molecular weight excluding hydrogens is 375 g/mol. The van der Waals surface area contributed by atoms with Crippen LogP contribution in [0.5, 0.6) is 0 Å². The maximum absolute atomic E-state index is 4.36. The van der Waals surface area contributed by atoms with E-state index in [1.807, 2.05) is 7.05 Å². The van der Waals surface area contributed by atoms with Gasteiger partial charge in [0.1, 0.15) is 0 Å². The van der Waals surface area contributed by atoms with Crippen LogP contribution in [0.15, 0.2) is 4.99 Å². The van der Waals surface area contributed by atoms with Crippen molar-refractivity contribution in [2.45, 2.75) is 70.4 Å². The molecule has 1 heterocycles. The summed E-state index contributed by atoms with van der Waals surface area (Å²) < 4.78 is 0. The molecule has 0 aromatic rings. The third-order valence-electron chi connectivity index (χ3n) is 4.80. The number of hydrogen-bond donors (Lipinski definition) is 2. The van der Waals surface area contributed by atoms with E-state index in [1.54, 1.807) is 0 Å². The van der Waals surface area contributed by atoms with Crippen LogP contribution >= 0.6 is 24.0 Å². The average molecular weight is 408 g/mol. The van der Waals surface area contributed by atoms with Gasteiger partial charge in [-0.25, -0.2) is 0 Å². The SMILES string of the molecule is CN=C(NCCN1CCCCC1C)NC1CCCCC1.I. The average Bonchev–Trinajstić information content (AvgIpc) is 2.49. The summed E-state index contributed by atoms with van der Waals surface area (Å²) in [7, 11) is 1.88. The molecule has 2 N–H and O–H groups in total. The molecule has 0 bridgehead atoms. The monoisotopic (exact) mass is 408 g/mol. The fraction of sp³-hybridized carbons (Fsp3) is 0.938. The predicted octanol–water partition coefficient (Wildman–Crippen LogP) is 2.98. The van der Waals surface area contributed by atoms with Gasteiger partial charge < -0.3 is 10.6 Å². The smallest absolute Gasteiger partial charge is 0.191 e. The van der Waals surface area contributed by atoms with E-state index in [-0.39, 0.29) is 24.0 Å². The van der Waals surface area contributed by atoms with Crippen LogP contribution in [0.4, 0.5) is 0 Å². The van der Waals surface area contributed by atoms with Gasteiger partial charge in [-0.05, 0) is 39.2 Å². The van der Waals surface area contributed by atoms with Gasteiger partial charge in [-0.3, -0.25) is 9.89 Å². The van der Waals surface area contributed by atoms with Gasteiger partial charge in [0.15, 0.2) is 5.96 Å². The lowest BCUT2D eigenvalue weighted by Gasteiger charge is -2.33. The van der Waals surface area contributed by atoms with Crippen LogP contribution in [0.2, 0.25) is 0 Å². The molecule has 1 saturated heterocycles. The first-order valence-corrected chi connectivity index (χ1v) is 8.51. The Morgan fingerprint density at radius 3 is 2.48 bits per heavy atom. The Bertz CT molecular complexity index is 303. The molecule has 21 heavy (non-hydrogen) atoms. The first-order chi connectivity index (χ1) is 9.79. The summed E-state index contributed by atoms with van der Waals surface area (Å²) in [5.74, 6) is 0.988. The first-order valence-electron chi connectivity index (χ1n) is 8.51. The van der Waals surface area contributed by atoms with Crippen LogP contribution in [0.1, 0.15) is 58.3 Å². The van der Waals surface area contributed by atoms with Crippen LogP contribution < -0.4 is 10.6 Å². The largest absolute Gasteiger partial charge is 0.355 e. The number of rotatable bonds is 4. The van der Waals surface area contributed by atoms with Gasteiger partial charge in [-0.1, -0.05) is 25.7 Å². The molecule has 2 fully saturated rings. The molecule has 1 unspecified atom stereocenters. The summed E-state index contributed by atoms with van der Waals surface area (Å²) in [6, 6.07) is 1.38. The number of halogens is 1. The predicted molar refractivity (Wildman–Crippen MR) is 102 cm³/mol. The Morgan fingerprint density at radius 1 is 1.10 bits per heavy atom. The molecule has 0 radical (unpaired) electrons. The Morgan fingerprint density at radius 2 is 1.81 bits per heavy atom. The second-order valence-electron chi connectivity index (χ2n) is 6.36. The van der Waals surface area contributed by atoms with Gasteiger partial charge >= 0.3 is 0 Å². The summed E-state index contributed by atoms with van der Waals surface area (Å²) in [6.07, 6.45) is 10.8. The minimum Gasteiger partial charge on any atom is -0.355 e. The molecule has 5 heteroatoms. The van der Waals surface area contributed by atoms with Crippen molar-refractivity contribution >= 4 is 29.9 Å². The van der Waals surface area contributed by atoms with Gasteiger partial charge in [0.2, 0.25) is 0 Å². The fourth-order valence-electron chi connectivity index (χ4n) is 3.44. The van der Waals surface area contributed by atoms with E-state index < -0.39 is 0 Å². The van der Waals surface area contributed by atoms with Crippen LogP contribution in [0, 0.1) is 0 Å². The minimum atomic E-state index is 0. The summed E-state index contributed by atoms with van der Waals surface area (Å²) in [5, 5.41) is 7.06. The topological polar surface area (TPSA) is 39.7 Å². The molecule has 124 valence electrons. The Labute approximate surface area is 147 Å². The van der Waals surface area contributed by atoms with E-state index in [9.17, 15) is 0 Å². The number of nitrogens with zero attached hydrogens (tertiary/aromatic N) is 2. The Kier molecular flexibility index (Phi) is 9.64. The van der Waals surface area contributed by atoms with Gasteiger partial charge in [0.05, 0.1) is 0 Å². The highest BCUT2D eigenvalue weighted by Crippen LogP contribution is 2.17. The molecule has 0 amide bonds. The number of hydrogen-bond acceptors (Lipinski definition) is 2. The molecule has 1 atom stereocenters. The van der Waals surface area contributed by atoms with E-state index in [1.165, 1.54) is 57.9 Å². The molecule has 2 aliphatic rings. The standard InChI is InChI=1S/C16H32N4.HI/c1-14-8-6-7-12-20(14)13-11-18-16(17-2)19-15-9-4-3-5-10-15;/h14-15H,3-13H2,1-2H3,(H2,17,18,19);1H. The second-order valence-corrected chi connectivity index (χ2v) is 6.36. The van der Waals surface area contributed by atoms with Crippen molar-refractivity contribution in [1.82, 2.24) is 15.5 Å². The van der Waals surface area contributed by atoms with Crippen LogP contribution in [-0.2, 0) is 0 Å². The zero-order chi connectivity index (χ0) is 14.2. The number of piperidine rings is 1. The lowest BCUT2D eigenvalue weighted by molar-refractivity contribution is 0.163. The highest BCUT2D eigenvalue weighted by atomic mass is 127. The van der Waals surface area contributed by atoms with E-state index in [4.69, 9.17) is 0 Å². The van der Waals surface area contributed by atoms with Crippen molar-refractivity contribution in [3.63, 3.8) is 0 Å². The zero-order valence-corrected chi connectivity index (χ0v) is 16.1. The summed E-state index contributed by atoms with van der Waals surface area (Å²) >= 11 is 0. The van der Waals surface area contributed by atoms with Gasteiger partial charge in [-0.15, -0.1) is 24.0 Å². The molecule has 1 aliphatic carbocycles. The van der Waals surface area contributed by atoms with Crippen LogP contribution in [0.25, 0.3) is 0 Å². The molecule has 0 aromatic carbocycles. The van der Waals surface area contributed by atoms with E-state index in [0.29, 0.717) is 6.04 Å². The molecule has 1 saturated carbocycles. The van der Waals surface area contributed by atoms with Crippen molar-refractivity contribution in [2.24, 2.45) is 4.99 Å². The Balaban J connectivity index is 0.00000220. The van der Waals surface area contributed by atoms with Crippen molar-refractivity contribution in [2.75, 3.05) is 26.7 Å². The van der Waals surface area contributed by atoms with E-state index in [0.717, 1.165) is 25.1 Å². The lowest BCUT2D eigenvalue weighted by atomic mass is 9.96. The van der Waals surface area contributed by atoms with Gasteiger partial charge in [0, 0.05) is 32.2 Å². The molecule has 1 aliphatic heterocycles. The zero-order valence-electron chi connectivity index (χ0n) is 13.7. The minimum absolute atomic E-state index is 0. The lowest BCUT2D eigenvalue weighted by Crippen LogP contribution is -2.47. The van der Waals surface area contributed by atoms with Crippen molar-refractivity contribution in [3.8, 4) is 0 Å². The summed E-state index contributed by atoms with van der Waals surface area (Å²) in [6.45, 7) is 5.75. The molecule has 2 rings (SSSR count). The van der Waals surface area contributed by atoms with Crippen molar-refractivity contribution in [3.05, 3.63) is 0 Å². The molecule has 4 nitrogen and oxygen atoms in total. The third-order valence-corrected chi connectivity index (χ3v) is 4.80. The van der Waals surface area contributed by atoms with Crippen molar-refractivity contribution in [1.29, 1.82) is 0 Å². The van der Waals surface area contributed by atoms with Crippen LogP contribution in [-0.4, -0.2) is 49.6 Å². The number of aliphatic imine (C=N–C) groups is 1. The maximum Gasteiger partial charge on any atom is 0.191 e. The molecular formula is C16H33IN4. The second kappa shape index (κ2) is 10.6. The van der Waals surface area contributed by atoms with Gasteiger partial charge in [-0.2, -0.15) is 0 Å². The summed E-state index contributed by atoms with van der Waals surface area (Å²) in [5.41, 5.74) is 0. The van der Waals surface area contributed by atoms with Crippen LogP contribution in [0.3, 0.4) is 0 Å². The highest BCUT2D eigenvalue weighted by Gasteiger charge is 2.18. The number of nitrogens with one attached hydrogen (secondary N) is 2. The number of guanidine groups is 1. The normalized spacial score (nSPS) is 25.2. The first kappa shape index (κ1) is 19.0. The highest BCUT2D eigenvalue weighted by molar-refractivity contribution is 14.0. The fourth-order valence-corrected chi connectivity index (χ4v) is 3.44. The Hall–Kier alpha value is -0.0400. The quantitative estimate of drug-likeness (QED) is 0.427. The summed E-state index contributed by atoms with van der Waals surface area (Å²) in [4.78, 5) is 6.96. The molecule has 0 aromatic heterocycles. The van der Waals surface area contributed by atoms with Crippen molar-refractivity contribution < 1.29 is 0 Å². The van der Waals surface area contributed by atoms with Gasteiger partial charge in [0.25, 0.3) is 0 Å². The maximum atomic E-state index is 4.36. The third kappa shape index (κ3) is 6.72. The number of likely N-dealkylation sites (tertiary alicyclic amines) is 1.